The zero-order chi connectivity index (χ0) is 22.4. The van der Waals surface area contributed by atoms with Crippen LogP contribution in [0.4, 0.5) is 4.79 Å². The zero-order valence-corrected chi connectivity index (χ0v) is 18.7. The molecule has 5 amide bonds. The lowest BCUT2D eigenvalue weighted by Crippen LogP contribution is -2.52. The van der Waals surface area contributed by atoms with Crippen LogP contribution in [0.1, 0.15) is 52.4 Å². The minimum absolute atomic E-state index is 0.0471. The number of nitrogens with zero attached hydrogens (tertiary/aromatic N) is 3. The van der Waals surface area contributed by atoms with Crippen LogP contribution in [-0.4, -0.2) is 89.9 Å². The Hall–Kier alpha value is -2.20. The summed E-state index contributed by atoms with van der Waals surface area (Å²) in [4.78, 5) is 53.6. The van der Waals surface area contributed by atoms with E-state index < -0.39 is 11.6 Å². The third-order valence-corrected chi connectivity index (χ3v) is 6.30. The molecule has 1 aliphatic carbocycles. The molecule has 2 aliphatic heterocycles. The zero-order valence-electron chi connectivity index (χ0n) is 18.7. The average molecular weight is 437 g/mol. The van der Waals surface area contributed by atoms with Crippen molar-refractivity contribution in [2.24, 2.45) is 5.92 Å². The highest BCUT2D eigenvalue weighted by molar-refractivity contribution is 6.08. The van der Waals surface area contributed by atoms with Crippen molar-refractivity contribution < 1.29 is 19.2 Å². The lowest BCUT2D eigenvalue weighted by atomic mass is 9.82. The lowest BCUT2D eigenvalue weighted by molar-refractivity contribution is -0.140. The molecule has 2 heterocycles. The molecular formula is C21H36N6O4. The maximum atomic E-state index is 12.7. The van der Waals surface area contributed by atoms with Gasteiger partial charge in [0.05, 0.1) is 6.54 Å². The summed E-state index contributed by atoms with van der Waals surface area (Å²) in [5.74, 6) is -0.199. The number of urea groups is 1. The Balaban J connectivity index is 1.36. The fourth-order valence-corrected chi connectivity index (χ4v) is 4.40. The van der Waals surface area contributed by atoms with Crippen LogP contribution in [0.2, 0.25) is 0 Å². The van der Waals surface area contributed by atoms with Crippen LogP contribution in [0.3, 0.4) is 0 Å². The molecule has 0 unspecified atom stereocenters. The van der Waals surface area contributed by atoms with Gasteiger partial charge in [-0.3, -0.25) is 24.7 Å². The number of carbonyl (C=O) groups is 4. The minimum atomic E-state index is -0.833. The molecule has 10 heteroatoms. The molecule has 3 aliphatic rings. The Kier molecular flexibility index (Phi) is 7.88. The molecule has 3 fully saturated rings. The van der Waals surface area contributed by atoms with E-state index in [1.807, 2.05) is 0 Å². The smallest absolute Gasteiger partial charge is 0.344 e. The summed E-state index contributed by atoms with van der Waals surface area (Å²) in [5, 5.41) is 6.58. The van der Waals surface area contributed by atoms with Gasteiger partial charge < -0.3 is 15.5 Å². The largest absolute Gasteiger partial charge is 0.355 e. The second-order valence-electron chi connectivity index (χ2n) is 9.31. The van der Waals surface area contributed by atoms with Gasteiger partial charge in [0.15, 0.2) is 0 Å². The summed E-state index contributed by atoms with van der Waals surface area (Å²) < 4.78 is 0. The van der Waals surface area contributed by atoms with E-state index >= 15 is 0 Å². The van der Waals surface area contributed by atoms with Gasteiger partial charge in [-0.05, 0) is 18.8 Å². The molecule has 0 aromatic heterocycles. The fraction of sp³-hybridized carbons (Fsp3) is 0.810. The van der Waals surface area contributed by atoms with E-state index in [1.54, 1.807) is 0 Å². The van der Waals surface area contributed by atoms with Crippen molar-refractivity contribution in [3.8, 4) is 0 Å². The summed E-state index contributed by atoms with van der Waals surface area (Å²) in [6, 6.07) is -0.537. The molecule has 3 N–H and O–H groups in total. The van der Waals surface area contributed by atoms with Crippen molar-refractivity contribution in [3.63, 3.8) is 0 Å². The first kappa shape index (κ1) is 23.5. The molecule has 10 nitrogen and oxygen atoms in total. The van der Waals surface area contributed by atoms with Crippen molar-refractivity contribution in [2.75, 3.05) is 45.8 Å². The van der Waals surface area contributed by atoms with Crippen LogP contribution in [0.25, 0.3) is 0 Å². The summed E-state index contributed by atoms with van der Waals surface area (Å²) in [5.41, 5.74) is 1.66. The predicted octanol–water partition coefficient (Wildman–Crippen LogP) is 0.0522. The number of carbonyl (C=O) groups excluding carboxylic acids is 4. The average Bonchev–Trinajstić information content (AvgIpc) is 2.96. The third kappa shape index (κ3) is 6.16. The van der Waals surface area contributed by atoms with Crippen LogP contribution < -0.4 is 16.1 Å². The van der Waals surface area contributed by atoms with Gasteiger partial charge in [0.25, 0.3) is 5.91 Å². The Morgan fingerprint density at radius 1 is 1.00 bits per heavy atom. The quantitative estimate of drug-likeness (QED) is 0.464. The molecule has 3 rings (SSSR count). The summed E-state index contributed by atoms with van der Waals surface area (Å²) in [7, 11) is 0. The fourth-order valence-electron chi connectivity index (χ4n) is 4.40. The number of imide groups is 1. The van der Waals surface area contributed by atoms with Crippen LogP contribution in [-0.2, 0) is 14.4 Å². The van der Waals surface area contributed by atoms with E-state index in [0.717, 1.165) is 50.5 Å². The number of hydrogen-bond donors (Lipinski definition) is 3. The molecule has 0 aromatic carbocycles. The van der Waals surface area contributed by atoms with Gasteiger partial charge in [-0.15, -0.1) is 0 Å². The third-order valence-electron chi connectivity index (χ3n) is 6.30. The number of nitrogens with one attached hydrogen (secondary N) is 3. The van der Waals surface area contributed by atoms with Crippen LogP contribution in [0.15, 0.2) is 0 Å². The summed E-state index contributed by atoms with van der Waals surface area (Å²) in [6.45, 7) is 8.85. The van der Waals surface area contributed by atoms with E-state index in [0.29, 0.717) is 38.4 Å². The number of hydrazine groups is 1. The van der Waals surface area contributed by atoms with Crippen LogP contribution >= 0.6 is 0 Å². The molecule has 0 radical (unpaired) electrons. The maximum Gasteiger partial charge on any atom is 0.344 e. The number of amides is 5. The van der Waals surface area contributed by atoms with Crippen molar-refractivity contribution in [2.45, 2.75) is 57.9 Å². The van der Waals surface area contributed by atoms with E-state index in [-0.39, 0.29) is 24.1 Å². The second-order valence-corrected chi connectivity index (χ2v) is 9.31. The molecule has 2 saturated heterocycles. The van der Waals surface area contributed by atoms with E-state index in [1.165, 1.54) is 0 Å². The van der Waals surface area contributed by atoms with Gasteiger partial charge >= 0.3 is 6.03 Å². The van der Waals surface area contributed by atoms with Crippen molar-refractivity contribution in [1.82, 2.24) is 30.9 Å². The van der Waals surface area contributed by atoms with Crippen LogP contribution in [0, 0.1) is 5.92 Å². The van der Waals surface area contributed by atoms with Crippen molar-refractivity contribution in [3.05, 3.63) is 0 Å². The number of piperazine rings is 1. The lowest BCUT2D eigenvalue weighted by Gasteiger charge is -2.34. The predicted molar refractivity (Wildman–Crippen MR) is 115 cm³/mol. The van der Waals surface area contributed by atoms with Gasteiger partial charge in [-0.1, -0.05) is 33.1 Å². The number of rotatable bonds is 8. The second kappa shape index (κ2) is 10.4. The minimum Gasteiger partial charge on any atom is -0.355 e. The van der Waals surface area contributed by atoms with Crippen molar-refractivity contribution in [1.29, 1.82) is 0 Å². The molecule has 1 spiro atoms. The van der Waals surface area contributed by atoms with Gasteiger partial charge in [-0.2, -0.15) is 5.01 Å². The van der Waals surface area contributed by atoms with E-state index in [4.69, 9.17) is 0 Å². The molecule has 0 atom stereocenters. The standard InChI is InChI=1S/C21H36N6O4/c1-16(2)14-22-18(29)15-26-12-10-25(11-13-26)9-6-17(28)24-27-19(30)21(23-20(27)31)7-4-3-5-8-21/h16H,3-15H2,1-2H3,(H,22,29)(H,23,31)(H,24,28). The number of hydrogen-bond acceptors (Lipinski definition) is 6. The Labute approximate surface area is 184 Å². The molecular weight excluding hydrogens is 400 g/mol. The first-order chi connectivity index (χ1) is 14.8. The highest BCUT2D eigenvalue weighted by Crippen LogP contribution is 2.32. The maximum absolute atomic E-state index is 12.7. The molecule has 1 saturated carbocycles. The van der Waals surface area contributed by atoms with Crippen molar-refractivity contribution >= 4 is 23.8 Å². The Morgan fingerprint density at radius 3 is 2.29 bits per heavy atom. The summed E-state index contributed by atoms with van der Waals surface area (Å²) >= 11 is 0. The normalized spacial score (nSPS) is 22.1. The Bertz CT molecular complexity index is 683. The Morgan fingerprint density at radius 2 is 1.65 bits per heavy atom. The van der Waals surface area contributed by atoms with Gasteiger partial charge in [0, 0.05) is 45.7 Å². The van der Waals surface area contributed by atoms with E-state index in [2.05, 4.69) is 39.7 Å². The van der Waals surface area contributed by atoms with Gasteiger partial charge in [-0.25, -0.2) is 4.79 Å². The first-order valence-corrected chi connectivity index (χ1v) is 11.5. The monoisotopic (exact) mass is 436 g/mol. The molecule has 31 heavy (non-hydrogen) atoms. The first-order valence-electron chi connectivity index (χ1n) is 11.5. The summed E-state index contributed by atoms with van der Waals surface area (Å²) in [6.07, 6.45) is 4.33. The molecule has 0 bridgehead atoms. The van der Waals surface area contributed by atoms with E-state index in [9.17, 15) is 19.2 Å². The van der Waals surface area contributed by atoms with Gasteiger partial charge in [0.1, 0.15) is 5.54 Å². The highest BCUT2D eigenvalue weighted by atomic mass is 16.2. The SMILES string of the molecule is CC(C)CNC(=O)CN1CCN(CCC(=O)NN2C(=O)NC3(CCCCC3)C2=O)CC1. The van der Waals surface area contributed by atoms with Gasteiger partial charge in [0.2, 0.25) is 11.8 Å². The highest BCUT2D eigenvalue weighted by Gasteiger charge is 2.52. The topological polar surface area (TPSA) is 114 Å². The molecule has 174 valence electrons. The van der Waals surface area contributed by atoms with Crippen LogP contribution in [0.5, 0.6) is 0 Å². The molecule has 0 aromatic rings.